The van der Waals surface area contributed by atoms with E-state index in [0.717, 1.165) is 5.57 Å². The van der Waals surface area contributed by atoms with E-state index in [-0.39, 0.29) is 4.47 Å². The van der Waals surface area contributed by atoms with Crippen LogP contribution in [0.15, 0.2) is 11.1 Å². The molecule has 0 radical (unpaired) electrons. The van der Waals surface area contributed by atoms with Crippen molar-refractivity contribution < 1.29 is 26.3 Å². The molecule has 0 aromatic heterocycles. The Bertz CT molecular complexity index is 318. The van der Waals surface area contributed by atoms with Gasteiger partial charge in [0.1, 0.15) is 0 Å². The number of halogens is 6. The minimum atomic E-state index is -5.81. The van der Waals surface area contributed by atoms with Crippen molar-refractivity contribution >= 4 is 20.9 Å². The summed E-state index contributed by atoms with van der Waals surface area (Å²) in [7, 11) is 0. The molecule has 0 saturated heterocycles. The third-order valence-electron chi connectivity index (χ3n) is 2.56. The second-order valence-electron chi connectivity index (χ2n) is 3.83. The van der Waals surface area contributed by atoms with Crippen molar-refractivity contribution in [2.75, 3.05) is 0 Å². The molecule has 0 nitrogen and oxygen atoms in total. The molecule has 7 heteroatoms. The fraction of sp³-hybridized carbons (Fsp3) is 0.778. The summed E-state index contributed by atoms with van der Waals surface area (Å²) in [5.41, 5.74) is 1.05. The van der Waals surface area contributed by atoms with Crippen molar-refractivity contribution in [2.45, 2.75) is 40.6 Å². The predicted molar refractivity (Wildman–Crippen MR) is 48.4 cm³/mol. The van der Waals surface area contributed by atoms with Gasteiger partial charge in [-0.2, -0.15) is 0 Å². The van der Waals surface area contributed by atoms with Crippen LogP contribution in [0.2, 0.25) is 4.47 Å². The standard InChI is InChI=1S/C9H10F6Te/c1-5-3-7(10,16-4-6(5)2)8(11,12)9(13,14)15/h3-4H2,1-2H3. The van der Waals surface area contributed by atoms with Gasteiger partial charge in [-0.15, -0.1) is 0 Å². The van der Waals surface area contributed by atoms with Gasteiger partial charge in [0.2, 0.25) is 0 Å². The van der Waals surface area contributed by atoms with Crippen LogP contribution < -0.4 is 0 Å². The first-order valence-electron chi connectivity index (χ1n) is 4.44. The molecule has 1 aliphatic rings. The molecule has 1 rings (SSSR count). The van der Waals surface area contributed by atoms with Crippen LogP contribution in [-0.4, -0.2) is 36.7 Å². The molecular weight excluding hydrogens is 350 g/mol. The zero-order valence-corrected chi connectivity index (χ0v) is 10.9. The quantitative estimate of drug-likeness (QED) is 0.380. The van der Waals surface area contributed by atoms with E-state index in [9.17, 15) is 26.3 Å². The van der Waals surface area contributed by atoms with E-state index in [0.29, 0.717) is 5.57 Å². The first kappa shape index (κ1) is 14.2. The van der Waals surface area contributed by atoms with Crippen molar-refractivity contribution in [3.63, 3.8) is 0 Å². The Morgan fingerprint density at radius 1 is 1.06 bits per heavy atom. The van der Waals surface area contributed by atoms with Crippen LogP contribution in [-0.2, 0) is 0 Å². The third-order valence-corrected chi connectivity index (χ3v) is 6.66. The zero-order valence-electron chi connectivity index (χ0n) is 8.59. The van der Waals surface area contributed by atoms with Gasteiger partial charge in [-0.25, -0.2) is 0 Å². The van der Waals surface area contributed by atoms with Crippen LogP contribution in [0.1, 0.15) is 20.3 Å². The Labute approximate surface area is 99.2 Å². The zero-order chi connectivity index (χ0) is 12.8. The molecule has 1 atom stereocenters. The normalized spacial score (nSPS) is 28.5. The Kier molecular flexibility index (Phi) is 3.63. The Morgan fingerprint density at radius 3 is 1.94 bits per heavy atom. The second-order valence-corrected chi connectivity index (χ2v) is 7.32. The Morgan fingerprint density at radius 2 is 1.56 bits per heavy atom. The van der Waals surface area contributed by atoms with Crippen LogP contribution in [0, 0.1) is 0 Å². The summed E-state index contributed by atoms with van der Waals surface area (Å²) in [4.78, 5) is 0. The van der Waals surface area contributed by atoms with E-state index in [1.807, 2.05) is 0 Å². The van der Waals surface area contributed by atoms with E-state index in [1.165, 1.54) is 6.92 Å². The van der Waals surface area contributed by atoms with Crippen molar-refractivity contribution in [1.82, 2.24) is 0 Å². The van der Waals surface area contributed by atoms with Crippen LogP contribution in [0.25, 0.3) is 0 Å². The molecule has 0 spiro atoms. The molecule has 0 aromatic carbocycles. The molecule has 1 heterocycles. The number of hydrogen-bond acceptors (Lipinski definition) is 0. The molecule has 1 unspecified atom stereocenters. The van der Waals surface area contributed by atoms with E-state index < -0.39 is 43.2 Å². The molecule has 0 N–H and O–H groups in total. The Balaban J connectivity index is 3.06. The average Bonchev–Trinajstić information content (AvgIpc) is 2.10. The number of allylic oxidation sites excluding steroid dienone is 2. The van der Waals surface area contributed by atoms with Gasteiger partial charge < -0.3 is 0 Å². The monoisotopic (exact) mass is 362 g/mol. The molecule has 0 amide bonds. The van der Waals surface area contributed by atoms with Crippen LogP contribution >= 0.6 is 0 Å². The second kappa shape index (κ2) is 4.09. The molecular formula is C9H10F6Te. The van der Waals surface area contributed by atoms with Crippen molar-refractivity contribution in [3.05, 3.63) is 11.1 Å². The molecule has 0 aromatic rings. The average molecular weight is 360 g/mol. The van der Waals surface area contributed by atoms with E-state index in [2.05, 4.69) is 0 Å². The first-order chi connectivity index (χ1) is 7.01. The SMILES string of the molecule is CC1=C(C)CC(F)(C(F)(F)C(F)(F)F)[Te]C1. The fourth-order valence-corrected chi connectivity index (χ4v) is 5.03. The van der Waals surface area contributed by atoms with Gasteiger partial charge in [0.15, 0.2) is 0 Å². The summed E-state index contributed by atoms with van der Waals surface area (Å²) in [6.45, 7) is 3.05. The number of hydrogen-bond donors (Lipinski definition) is 0. The number of rotatable bonds is 1. The van der Waals surface area contributed by atoms with Gasteiger partial charge in [-0.05, 0) is 0 Å². The van der Waals surface area contributed by atoms with Gasteiger partial charge >= 0.3 is 99.0 Å². The third kappa shape index (κ3) is 2.21. The van der Waals surface area contributed by atoms with Crippen LogP contribution in [0.3, 0.4) is 0 Å². The molecule has 16 heavy (non-hydrogen) atoms. The molecule has 0 aliphatic carbocycles. The summed E-state index contributed by atoms with van der Waals surface area (Å²) in [5, 5.41) is 0. The summed E-state index contributed by atoms with van der Waals surface area (Å²) >= 11 is -2.05. The number of alkyl halides is 6. The predicted octanol–water partition coefficient (Wildman–Crippen LogP) is 3.71. The Hall–Kier alpha value is 0.110. The van der Waals surface area contributed by atoms with Crippen molar-refractivity contribution in [2.24, 2.45) is 0 Å². The molecule has 0 bridgehead atoms. The molecule has 0 saturated carbocycles. The van der Waals surface area contributed by atoms with Gasteiger partial charge in [-0.1, -0.05) is 0 Å². The maximum atomic E-state index is 13.8. The van der Waals surface area contributed by atoms with Gasteiger partial charge in [-0.3, -0.25) is 0 Å². The molecule has 94 valence electrons. The summed E-state index contributed by atoms with van der Waals surface area (Å²) in [6, 6.07) is 0. The van der Waals surface area contributed by atoms with Crippen LogP contribution in [0.4, 0.5) is 26.3 Å². The van der Waals surface area contributed by atoms with Gasteiger partial charge in [0.25, 0.3) is 0 Å². The maximum absolute atomic E-state index is 13.8. The fourth-order valence-electron chi connectivity index (χ4n) is 1.30. The van der Waals surface area contributed by atoms with E-state index in [4.69, 9.17) is 0 Å². The van der Waals surface area contributed by atoms with Gasteiger partial charge in [0.05, 0.1) is 0 Å². The van der Waals surface area contributed by atoms with E-state index in [1.54, 1.807) is 6.92 Å². The summed E-state index contributed by atoms with van der Waals surface area (Å²) in [6.07, 6.45) is -6.61. The van der Waals surface area contributed by atoms with Crippen LogP contribution in [0.5, 0.6) is 0 Å². The summed E-state index contributed by atoms with van der Waals surface area (Å²) in [5.74, 6) is -5.23. The van der Waals surface area contributed by atoms with E-state index >= 15 is 0 Å². The van der Waals surface area contributed by atoms with Crippen molar-refractivity contribution in [1.29, 1.82) is 0 Å². The first-order valence-corrected chi connectivity index (χ1v) is 7.25. The topological polar surface area (TPSA) is 0 Å². The van der Waals surface area contributed by atoms with Crippen molar-refractivity contribution in [3.8, 4) is 0 Å². The minimum absolute atomic E-state index is 0.0685. The molecule has 1 aliphatic heterocycles. The summed E-state index contributed by atoms with van der Waals surface area (Å²) < 4.78 is 72.8. The van der Waals surface area contributed by atoms with Gasteiger partial charge in [0, 0.05) is 0 Å². The molecule has 0 fully saturated rings.